The second kappa shape index (κ2) is 7.07. The summed E-state index contributed by atoms with van der Waals surface area (Å²) >= 11 is 1.24. The number of hydrogen-bond donors (Lipinski definition) is 1. The summed E-state index contributed by atoms with van der Waals surface area (Å²) in [4.78, 5) is 11.4. The van der Waals surface area contributed by atoms with Crippen molar-refractivity contribution in [2.45, 2.75) is 32.5 Å². The molecule has 114 valence electrons. The maximum Gasteiger partial charge on any atom is 0.360 e. The van der Waals surface area contributed by atoms with E-state index in [4.69, 9.17) is 10.5 Å². The van der Waals surface area contributed by atoms with Crippen LogP contribution in [0.2, 0.25) is 0 Å². The number of halogens is 1. The van der Waals surface area contributed by atoms with Crippen molar-refractivity contribution in [1.29, 1.82) is 0 Å². The smallest absolute Gasteiger partial charge is 0.360 e. The third-order valence-corrected chi connectivity index (χ3v) is 3.37. The van der Waals surface area contributed by atoms with Crippen LogP contribution in [-0.4, -0.2) is 43.9 Å². The van der Waals surface area contributed by atoms with Crippen LogP contribution in [0.15, 0.2) is 6.20 Å². The lowest BCUT2D eigenvalue weighted by atomic mass is 10.2. The van der Waals surface area contributed by atoms with Gasteiger partial charge in [0, 0.05) is 6.42 Å². The van der Waals surface area contributed by atoms with Gasteiger partial charge < -0.3 is 10.5 Å². The summed E-state index contributed by atoms with van der Waals surface area (Å²) < 4.78 is 19.9. The summed E-state index contributed by atoms with van der Waals surface area (Å²) in [5, 5.41) is 15.9. The van der Waals surface area contributed by atoms with Crippen molar-refractivity contribution < 1.29 is 13.9 Å². The lowest BCUT2D eigenvalue weighted by Gasteiger charge is -2.05. The van der Waals surface area contributed by atoms with Crippen molar-refractivity contribution in [3.8, 4) is 0 Å². The Kier molecular flexibility index (Phi) is 5.14. The van der Waals surface area contributed by atoms with Gasteiger partial charge in [0.1, 0.15) is 11.2 Å². The highest BCUT2D eigenvalue weighted by Crippen LogP contribution is 2.15. The van der Waals surface area contributed by atoms with E-state index in [-0.39, 0.29) is 25.3 Å². The molecular weight excluding hydrogens is 299 g/mol. The van der Waals surface area contributed by atoms with Crippen LogP contribution in [-0.2, 0) is 17.7 Å². The molecular formula is C11H15FN6O2S. The molecule has 8 nitrogen and oxygen atoms in total. The molecule has 1 unspecified atom stereocenters. The van der Waals surface area contributed by atoms with E-state index in [1.54, 1.807) is 6.92 Å². The molecule has 0 saturated carbocycles. The van der Waals surface area contributed by atoms with Gasteiger partial charge in [-0.05, 0) is 13.3 Å². The molecule has 0 spiro atoms. The van der Waals surface area contributed by atoms with Crippen molar-refractivity contribution in [3.63, 3.8) is 0 Å². The van der Waals surface area contributed by atoms with E-state index in [0.717, 1.165) is 0 Å². The third-order valence-electron chi connectivity index (χ3n) is 2.56. The highest BCUT2D eigenvalue weighted by molar-refractivity contribution is 7.15. The van der Waals surface area contributed by atoms with E-state index in [9.17, 15) is 9.18 Å². The number of carbonyl (C=O) groups is 1. The van der Waals surface area contributed by atoms with Gasteiger partial charge in [-0.15, -0.1) is 15.3 Å². The summed E-state index contributed by atoms with van der Waals surface area (Å²) in [5.74, 6) is -0.566. The van der Waals surface area contributed by atoms with Crippen LogP contribution in [0.4, 0.5) is 9.52 Å². The lowest BCUT2D eigenvalue weighted by molar-refractivity contribution is 0.0519. The molecule has 2 N–H and O–H groups in total. The van der Waals surface area contributed by atoms with E-state index >= 15 is 0 Å². The molecule has 0 bridgehead atoms. The van der Waals surface area contributed by atoms with E-state index < -0.39 is 12.1 Å². The van der Waals surface area contributed by atoms with Crippen LogP contribution < -0.4 is 5.73 Å². The van der Waals surface area contributed by atoms with Crippen molar-refractivity contribution >= 4 is 22.4 Å². The highest BCUT2D eigenvalue weighted by Gasteiger charge is 2.15. The molecule has 2 rings (SSSR count). The Morgan fingerprint density at radius 3 is 3.00 bits per heavy atom. The lowest BCUT2D eigenvalue weighted by Crippen LogP contribution is -2.13. The van der Waals surface area contributed by atoms with Gasteiger partial charge in [0.2, 0.25) is 5.13 Å². The van der Waals surface area contributed by atoms with Gasteiger partial charge in [0.15, 0.2) is 5.69 Å². The van der Waals surface area contributed by atoms with Gasteiger partial charge in [-0.3, -0.25) is 0 Å². The third kappa shape index (κ3) is 4.45. The van der Waals surface area contributed by atoms with E-state index in [1.807, 2.05) is 0 Å². The monoisotopic (exact) mass is 314 g/mol. The average molecular weight is 314 g/mol. The SMILES string of the molecule is CCOC(=O)c1cn(CC(F)CCc2nnc(N)s2)nn1. The summed E-state index contributed by atoms with van der Waals surface area (Å²) in [7, 11) is 0. The Balaban J connectivity index is 1.82. The van der Waals surface area contributed by atoms with Crippen molar-refractivity contribution in [1.82, 2.24) is 25.2 Å². The zero-order valence-electron chi connectivity index (χ0n) is 11.4. The fraction of sp³-hybridized carbons (Fsp3) is 0.545. The van der Waals surface area contributed by atoms with E-state index in [1.165, 1.54) is 22.2 Å². The molecule has 0 aromatic carbocycles. The molecule has 10 heteroatoms. The molecule has 0 aliphatic rings. The Morgan fingerprint density at radius 2 is 2.33 bits per heavy atom. The predicted molar refractivity (Wildman–Crippen MR) is 73.5 cm³/mol. The molecule has 2 heterocycles. The molecule has 0 aliphatic heterocycles. The van der Waals surface area contributed by atoms with Crippen LogP contribution in [0.5, 0.6) is 0 Å². The van der Waals surface area contributed by atoms with E-state index in [2.05, 4.69) is 20.5 Å². The molecule has 21 heavy (non-hydrogen) atoms. The highest BCUT2D eigenvalue weighted by atomic mass is 32.1. The standard InChI is InChI=1S/C11H15FN6O2S/c1-2-20-10(19)8-6-18(17-14-8)5-7(12)3-4-9-15-16-11(13)21-9/h6-7H,2-5H2,1H3,(H2,13,16). The normalized spacial score (nSPS) is 12.3. The Labute approximate surface area is 124 Å². The number of rotatable bonds is 7. The van der Waals surface area contributed by atoms with Crippen LogP contribution in [0.25, 0.3) is 0 Å². The maximum atomic E-state index is 13.9. The molecule has 0 amide bonds. The number of alkyl halides is 1. The molecule has 1 atom stereocenters. The first kappa shape index (κ1) is 15.3. The van der Waals surface area contributed by atoms with Gasteiger partial charge in [0.05, 0.1) is 19.3 Å². The number of nitrogens with two attached hydrogens (primary N) is 1. The molecule has 0 saturated heterocycles. The van der Waals surface area contributed by atoms with Crippen LogP contribution in [0.1, 0.15) is 28.8 Å². The maximum absolute atomic E-state index is 13.9. The first-order valence-electron chi connectivity index (χ1n) is 6.37. The van der Waals surface area contributed by atoms with E-state index in [0.29, 0.717) is 16.6 Å². The number of aryl methyl sites for hydroxylation is 1. The Morgan fingerprint density at radius 1 is 1.52 bits per heavy atom. The summed E-state index contributed by atoms with van der Waals surface area (Å²) in [6.07, 6.45) is 0.957. The second-order valence-corrected chi connectivity index (χ2v) is 5.31. The number of esters is 1. The Hall–Kier alpha value is -2.10. The number of hydrogen-bond acceptors (Lipinski definition) is 8. The molecule has 2 aromatic rings. The average Bonchev–Trinajstić information content (AvgIpc) is 3.06. The number of aromatic nitrogens is 5. The fourth-order valence-electron chi connectivity index (χ4n) is 1.63. The number of carbonyl (C=O) groups excluding carboxylic acids is 1. The summed E-state index contributed by atoms with van der Waals surface area (Å²) in [6, 6.07) is 0. The van der Waals surface area contributed by atoms with Gasteiger partial charge in [-0.2, -0.15) is 0 Å². The second-order valence-electron chi connectivity index (χ2n) is 4.22. The van der Waals surface area contributed by atoms with Crippen LogP contribution in [0, 0.1) is 0 Å². The molecule has 2 aromatic heterocycles. The van der Waals surface area contributed by atoms with Gasteiger partial charge in [0.25, 0.3) is 0 Å². The minimum absolute atomic E-state index is 0.0146. The first-order chi connectivity index (χ1) is 10.1. The van der Waals surface area contributed by atoms with Gasteiger partial charge in [-0.1, -0.05) is 16.6 Å². The quantitative estimate of drug-likeness (QED) is 0.755. The first-order valence-corrected chi connectivity index (χ1v) is 7.19. The van der Waals surface area contributed by atoms with Crippen molar-refractivity contribution in [2.24, 2.45) is 0 Å². The van der Waals surface area contributed by atoms with Gasteiger partial charge >= 0.3 is 5.97 Å². The molecule has 0 radical (unpaired) electrons. The summed E-state index contributed by atoms with van der Waals surface area (Å²) in [6.45, 7) is 1.96. The fourth-order valence-corrected chi connectivity index (χ4v) is 2.25. The minimum atomic E-state index is -1.13. The molecule has 0 aliphatic carbocycles. The molecule has 0 fully saturated rings. The zero-order valence-corrected chi connectivity index (χ0v) is 12.2. The number of anilines is 1. The number of nitrogen functional groups attached to an aromatic ring is 1. The van der Waals surface area contributed by atoms with Crippen molar-refractivity contribution in [2.75, 3.05) is 12.3 Å². The summed E-state index contributed by atoms with van der Waals surface area (Å²) in [5.41, 5.74) is 5.52. The zero-order chi connectivity index (χ0) is 15.2. The number of nitrogens with zero attached hydrogens (tertiary/aromatic N) is 5. The van der Waals surface area contributed by atoms with Gasteiger partial charge in [-0.25, -0.2) is 13.9 Å². The topological polar surface area (TPSA) is 109 Å². The predicted octanol–water partition coefficient (Wildman–Crippen LogP) is 0.859. The van der Waals surface area contributed by atoms with Crippen LogP contribution >= 0.6 is 11.3 Å². The minimum Gasteiger partial charge on any atom is -0.461 e. The largest absolute Gasteiger partial charge is 0.461 e. The van der Waals surface area contributed by atoms with Crippen molar-refractivity contribution in [3.05, 3.63) is 16.9 Å². The van der Waals surface area contributed by atoms with Crippen LogP contribution in [0.3, 0.4) is 0 Å². The Bertz CT molecular complexity index is 601. The number of ether oxygens (including phenoxy) is 1.